The molecule has 0 bridgehead atoms. The van der Waals surface area contributed by atoms with E-state index in [0.29, 0.717) is 17.5 Å². The van der Waals surface area contributed by atoms with Gasteiger partial charge in [0, 0.05) is 104 Å². The molecule has 664 valence electrons. The van der Waals surface area contributed by atoms with E-state index in [4.69, 9.17) is 29.9 Å². The first-order chi connectivity index (χ1) is 70.9. The van der Waals surface area contributed by atoms with E-state index in [1.165, 1.54) is 185 Å². The molecule has 0 N–H and O–H groups in total. The van der Waals surface area contributed by atoms with Crippen molar-refractivity contribution in [3.63, 3.8) is 0 Å². The van der Waals surface area contributed by atoms with E-state index >= 15 is 0 Å². The normalized spacial score (nSPS) is 11.7. The minimum Gasteiger partial charge on any atom is -0.265 e. The number of fused-ring (bicyclic) bond motifs is 28. The summed E-state index contributed by atoms with van der Waals surface area (Å²) in [6.07, 6.45) is 14.3. The number of hydrogen-bond acceptors (Lipinski definition) is 8. The standard InChI is InChI=1S/C48H30N4.C45H28N2.C42H26N2/c1-4-14-31(15-5-1)32-24-26-33(27-25-32)41-29-42-38-21-11-13-23-40(38)45-43(44(42)39-22-12-10-20-37(39)41)28-36(30-49-45)48-51-46(34-16-6-2-7-17-34)50-47(52-48)35-18-8-3-9-19-35;1-2-10-35-30(8-1)22-33-23-31(19-20-36(33)35)41-25-42-38-12-4-6-14-40(38)45-43(44(42)39-13-5-3-11-37(39)41)24-34(27-47-45)29-17-15-28(16-18-29)32-9-7-21-46-26-32;1-2-8-31-23-32(18-17-27(31)7-1)38-25-39-35-10-4-6-12-37(35)42-40(41(39)36-11-5-3-9-34(36)38)24-33(26-44-42)29-15-13-28(14-16-29)30-19-21-43-22-20-30/h1-30H;1-21,23-27H,22H2;1-26H. The summed E-state index contributed by atoms with van der Waals surface area (Å²) < 4.78 is 0. The molecule has 0 aliphatic heterocycles. The second-order valence-corrected chi connectivity index (χ2v) is 37.1. The second kappa shape index (κ2) is 35.2. The second-order valence-electron chi connectivity index (χ2n) is 37.1. The summed E-state index contributed by atoms with van der Waals surface area (Å²) in [4.78, 5) is 38.9. The summed E-state index contributed by atoms with van der Waals surface area (Å²) >= 11 is 0. The monoisotopic (exact) mass is 1820 g/mol. The van der Waals surface area contributed by atoms with Crippen molar-refractivity contribution in [1.82, 2.24) is 39.9 Å². The van der Waals surface area contributed by atoms with Gasteiger partial charge in [-0.3, -0.25) is 24.9 Å². The Morgan fingerprint density at radius 3 is 0.951 bits per heavy atom. The van der Waals surface area contributed by atoms with Crippen LogP contribution in [0.1, 0.15) is 11.1 Å². The lowest BCUT2D eigenvalue weighted by molar-refractivity contribution is 1.07. The van der Waals surface area contributed by atoms with Crippen LogP contribution in [0.3, 0.4) is 0 Å². The van der Waals surface area contributed by atoms with Gasteiger partial charge in [-0.05, 0) is 259 Å². The van der Waals surface area contributed by atoms with Gasteiger partial charge >= 0.3 is 0 Å². The van der Waals surface area contributed by atoms with Crippen molar-refractivity contribution >= 4 is 140 Å². The molecule has 143 heavy (non-hydrogen) atoms. The highest BCUT2D eigenvalue weighted by Gasteiger charge is 2.26. The first-order valence-electron chi connectivity index (χ1n) is 48.6. The van der Waals surface area contributed by atoms with Gasteiger partial charge in [0.25, 0.3) is 0 Å². The fourth-order valence-corrected chi connectivity index (χ4v) is 22.0. The minimum absolute atomic E-state index is 0.586. The van der Waals surface area contributed by atoms with Crippen LogP contribution in [0.2, 0.25) is 0 Å². The Bertz CT molecular complexity index is 9900. The number of benzene rings is 22. The van der Waals surface area contributed by atoms with Crippen molar-refractivity contribution in [3.05, 3.63) is 509 Å². The maximum absolute atomic E-state index is 5.17. The molecule has 6 heterocycles. The van der Waals surface area contributed by atoms with Crippen LogP contribution in [0.25, 0.3) is 275 Å². The van der Waals surface area contributed by atoms with Crippen molar-refractivity contribution < 1.29 is 0 Å². The van der Waals surface area contributed by atoms with Gasteiger partial charge in [-0.2, -0.15) is 0 Å². The molecule has 8 nitrogen and oxygen atoms in total. The molecular weight excluding hydrogens is 1730 g/mol. The van der Waals surface area contributed by atoms with Gasteiger partial charge in [0.05, 0.1) is 16.6 Å². The lowest BCUT2D eigenvalue weighted by atomic mass is 9.87. The minimum atomic E-state index is 0.586. The molecule has 0 spiro atoms. The Labute approximate surface area is 824 Å². The summed E-state index contributed by atoms with van der Waals surface area (Å²) in [5, 5.41) is 27.8. The molecule has 0 radical (unpaired) electrons. The predicted octanol–water partition coefficient (Wildman–Crippen LogP) is 35.1. The molecule has 1 aliphatic carbocycles. The van der Waals surface area contributed by atoms with Crippen molar-refractivity contribution in [2.45, 2.75) is 6.42 Å². The Hall–Kier alpha value is -19.0. The summed E-state index contributed by atoms with van der Waals surface area (Å²) in [6, 6.07) is 163. The number of nitrogens with zero attached hydrogens (tertiary/aromatic N) is 8. The molecule has 0 fully saturated rings. The molecule has 0 saturated heterocycles. The third-order valence-electron chi connectivity index (χ3n) is 28.9. The molecule has 1 aliphatic rings. The first-order valence-corrected chi connectivity index (χ1v) is 48.6. The highest BCUT2D eigenvalue weighted by molar-refractivity contribution is 6.36. The Kier molecular flexibility index (Phi) is 20.5. The van der Waals surface area contributed by atoms with Gasteiger partial charge in [-0.1, -0.05) is 394 Å². The third-order valence-corrected chi connectivity index (χ3v) is 28.9. The lowest BCUT2D eigenvalue weighted by Gasteiger charge is -2.17. The van der Waals surface area contributed by atoms with Crippen LogP contribution in [0.4, 0.5) is 0 Å². The van der Waals surface area contributed by atoms with E-state index in [2.05, 4.69) is 386 Å². The lowest BCUT2D eigenvalue weighted by Crippen LogP contribution is -2.00. The van der Waals surface area contributed by atoms with Gasteiger partial charge in [-0.25, -0.2) is 15.0 Å². The Balaban J connectivity index is 0.000000107. The summed E-state index contributed by atoms with van der Waals surface area (Å²) in [5.41, 5.74) is 30.2. The maximum Gasteiger partial charge on any atom is 0.165 e. The molecule has 22 aromatic carbocycles. The van der Waals surface area contributed by atoms with Crippen molar-refractivity contribution in [3.8, 4) is 134 Å². The average molecular weight is 1820 g/mol. The van der Waals surface area contributed by atoms with Crippen molar-refractivity contribution in [2.75, 3.05) is 0 Å². The number of aromatic nitrogens is 8. The summed E-state index contributed by atoms with van der Waals surface area (Å²) in [6.45, 7) is 0. The molecule has 29 rings (SSSR count). The van der Waals surface area contributed by atoms with E-state index in [9.17, 15) is 0 Å². The number of rotatable bonds is 11. The number of hydrogen-bond donors (Lipinski definition) is 0. The van der Waals surface area contributed by atoms with Gasteiger partial charge < -0.3 is 0 Å². The molecule has 0 saturated carbocycles. The van der Waals surface area contributed by atoms with Crippen LogP contribution in [0.5, 0.6) is 0 Å². The highest BCUT2D eigenvalue weighted by atomic mass is 15.0. The van der Waals surface area contributed by atoms with Crippen LogP contribution in [-0.2, 0) is 6.42 Å². The van der Waals surface area contributed by atoms with Crippen LogP contribution >= 0.6 is 0 Å². The molecule has 0 atom stereocenters. The Morgan fingerprint density at radius 1 is 0.147 bits per heavy atom. The zero-order valence-electron chi connectivity index (χ0n) is 77.6. The van der Waals surface area contributed by atoms with Crippen molar-refractivity contribution in [2.24, 2.45) is 0 Å². The Morgan fingerprint density at radius 2 is 0.476 bits per heavy atom. The molecule has 6 aromatic heterocycles. The molecule has 8 heteroatoms. The molecular formula is C135H84N8. The quantitative estimate of drug-likeness (QED) is 0.118. The van der Waals surface area contributed by atoms with Crippen molar-refractivity contribution in [1.29, 1.82) is 0 Å². The zero-order valence-corrected chi connectivity index (χ0v) is 77.6. The van der Waals surface area contributed by atoms with Gasteiger partial charge in [0.15, 0.2) is 17.5 Å². The van der Waals surface area contributed by atoms with Crippen LogP contribution in [-0.4, -0.2) is 39.9 Å². The first kappa shape index (κ1) is 83.4. The predicted molar refractivity (Wildman–Crippen MR) is 597 cm³/mol. The van der Waals surface area contributed by atoms with Crippen LogP contribution < -0.4 is 0 Å². The van der Waals surface area contributed by atoms with E-state index in [0.717, 1.165) is 89.4 Å². The van der Waals surface area contributed by atoms with Gasteiger partial charge in [-0.15, -0.1) is 0 Å². The van der Waals surface area contributed by atoms with Gasteiger partial charge in [0.1, 0.15) is 0 Å². The average Bonchev–Trinajstić information content (AvgIpc) is 0.895. The van der Waals surface area contributed by atoms with E-state index in [1.807, 2.05) is 122 Å². The van der Waals surface area contributed by atoms with E-state index < -0.39 is 0 Å². The topological polar surface area (TPSA) is 103 Å². The molecule has 0 amide bonds. The third kappa shape index (κ3) is 14.9. The fourth-order valence-electron chi connectivity index (χ4n) is 22.0. The zero-order chi connectivity index (χ0) is 94.4. The largest absolute Gasteiger partial charge is 0.265 e. The smallest absolute Gasteiger partial charge is 0.165 e. The number of pyridine rings is 5. The highest BCUT2D eigenvalue weighted by Crippen LogP contribution is 2.50. The SMILES string of the molecule is c1ccc(-c2ccc(-c3cc4c5ccccc5c5ncc(-c6nc(-c7ccccc7)nc(-c7ccccc7)n6)cc5c4c4ccccc34)cc2)cc1.c1ccc2cc(-c3cc4c5ccccc5c5ncc(-c6ccc(-c7ccncc7)cc6)cc5c4c4ccccc34)ccc2c1.c1cncc(-c2ccc(-c3cnc4c5ccccc5c5cc(-c6ccc7c(c6)Cc6ccccc6-7)c6ccccc6c5c4c3)cc2)c1. The van der Waals surface area contributed by atoms with Crippen LogP contribution in [0.15, 0.2) is 498 Å². The van der Waals surface area contributed by atoms with Gasteiger partial charge in [0.2, 0.25) is 0 Å². The molecule has 28 aromatic rings. The van der Waals surface area contributed by atoms with E-state index in [-0.39, 0.29) is 0 Å². The summed E-state index contributed by atoms with van der Waals surface area (Å²) in [7, 11) is 0. The van der Waals surface area contributed by atoms with Crippen LogP contribution in [0, 0.1) is 0 Å². The summed E-state index contributed by atoms with van der Waals surface area (Å²) in [5.74, 6) is 1.84. The molecule has 0 unspecified atom stereocenters. The maximum atomic E-state index is 5.17. The fraction of sp³-hybridized carbons (Fsp3) is 0.00741. The van der Waals surface area contributed by atoms with E-state index in [1.54, 1.807) is 0 Å².